The Morgan fingerprint density at radius 2 is 2.00 bits per heavy atom. The van der Waals surface area contributed by atoms with Crippen LogP contribution in [-0.4, -0.2) is 66.6 Å². The van der Waals surface area contributed by atoms with E-state index in [-0.39, 0.29) is 16.7 Å². The second-order valence-electron chi connectivity index (χ2n) is 9.20. The number of carbonyl (C=O) groups excluding carboxylic acids is 1. The van der Waals surface area contributed by atoms with Crippen LogP contribution in [0.5, 0.6) is 0 Å². The van der Waals surface area contributed by atoms with Crippen LogP contribution in [0, 0.1) is 23.7 Å². The molecular weight excluding hydrogens is 326 g/mol. The topological polar surface area (TPSA) is 45.7 Å². The number of aromatic nitrogens is 1. The Morgan fingerprint density at radius 3 is 2.62 bits per heavy atom. The summed E-state index contributed by atoms with van der Waals surface area (Å²) in [6.07, 6.45) is 3.45. The van der Waals surface area contributed by atoms with Gasteiger partial charge in [-0.2, -0.15) is 0 Å². The quantitative estimate of drug-likeness (QED) is 0.828. The fraction of sp³-hybridized carbons (Fsp3) is 0.714. The minimum Gasteiger partial charge on any atom is -0.381 e. The number of aryl methyl sites for hydroxylation is 1. The molecule has 142 valence electrons. The van der Waals surface area contributed by atoms with Crippen LogP contribution in [-0.2, 0) is 16.0 Å². The molecule has 5 heteroatoms. The Kier molecular flexibility index (Phi) is 4.56. The molecule has 4 heterocycles. The molecule has 0 spiro atoms. The maximum atomic E-state index is 12.9. The molecule has 0 radical (unpaired) electrons. The highest BCUT2D eigenvalue weighted by Gasteiger charge is 2.58. The fourth-order valence-electron chi connectivity index (χ4n) is 5.18. The molecule has 0 saturated carbocycles. The summed E-state index contributed by atoms with van der Waals surface area (Å²) in [5.74, 6) is 0.931. The summed E-state index contributed by atoms with van der Waals surface area (Å²) >= 11 is 0. The number of hydrogen-bond acceptors (Lipinski definition) is 4. The van der Waals surface area contributed by atoms with Crippen LogP contribution in [0.2, 0.25) is 0 Å². The molecule has 1 aromatic rings. The van der Waals surface area contributed by atoms with Gasteiger partial charge in [-0.3, -0.25) is 9.78 Å². The molecule has 0 bridgehead atoms. The predicted octanol–water partition coefficient (Wildman–Crippen LogP) is 2.14. The molecule has 3 atom stereocenters. The van der Waals surface area contributed by atoms with Gasteiger partial charge in [0.15, 0.2) is 0 Å². The van der Waals surface area contributed by atoms with Gasteiger partial charge in [-0.15, -0.1) is 0 Å². The number of nitrogens with zero attached hydrogens (tertiary/aromatic N) is 3. The third-order valence-electron chi connectivity index (χ3n) is 7.03. The van der Waals surface area contributed by atoms with Gasteiger partial charge in [0.25, 0.3) is 0 Å². The number of likely N-dealkylation sites (tertiary alicyclic amines) is 2. The molecule has 3 aliphatic rings. The Hall–Kier alpha value is -1.46. The van der Waals surface area contributed by atoms with Crippen molar-refractivity contribution < 1.29 is 9.53 Å². The normalized spacial score (nSPS) is 34.4. The van der Waals surface area contributed by atoms with Crippen molar-refractivity contribution >= 4 is 5.91 Å². The number of fused-ring (bicyclic) bond motifs is 1. The average molecular weight is 357 g/mol. The maximum Gasteiger partial charge on any atom is 0.227 e. The molecule has 26 heavy (non-hydrogen) atoms. The zero-order valence-corrected chi connectivity index (χ0v) is 16.3. The SMILES string of the molecule is Cc1ncccc1CC(=O)N1C[C@]2(C)CN(CC3CCOC3)C[C@]2(C)C1. The number of amides is 1. The minimum absolute atomic E-state index is 0.187. The van der Waals surface area contributed by atoms with Gasteiger partial charge in [-0.05, 0) is 30.9 Å². The number of carbonyl (C=O) groups is 1. The van der Waals surface area contributed by atoms with E-state index in [1.807, 2.05) is 19.1 Å². The Balaban J connectivity index is 1.40. The first kappa shape index (κ1) is 17.9. The van der Waals surface area contributed by atoms with Crippen LogP contribution in [0.25, 0.3) is 0 Å². The molecule has 1 amide bonds. The molecule has 3 fully saturated rings. The lowest BCUT2D eigenvalue weighted by atomic mass is 9.71. The predicted molar refractivity (Wildman–Crippen MR) is 101 cm³/mol. The zero-order chi connectivity index (χ0) is 18.4. The lowest BCUT2D eigenvalue weighted by molar-refractivity contribution is -0.130. The van der Waals surface area contributed by atoms with E-state index < -0.39 is 0 Å². The maximum absolute atomic E-state index is 12.9. The molecule has 3 saturated heterocycles. The Morgan fingerprint density at radius 1 is 1.27 bits per heavy atom. The molecule has 0 aromatic carbocycles. The van der Waals surface area contributed by atoms with Crippen molar-refractivity contribution in [1.82, 2.24) is 14.8 Å². The van der Waals surface area contributed by atoms with Crippen LogP contribution in [0.1, 0.15) is 31.5 Å². The van der Waals surface area contributed by atoms with Crippen molar-refractivity contribution in [3.8, 4) is 0 Å². The molecular formula is C21H31N3O2. The van der Waals surface area contributed by atoms with Gasteiger partial charge in [0.2, 0.25) is 5.91 Å². The van der Waals surface area contributed by atoms with Crippen molar-refractivity contribution in [2.24, 2.45) is 16.7 Å². The van der Waals surface area contributed by atoms with E-state index in [9.17, 15) is 4.79 Å². The van der Waals surface area contributed by atoms with Gasteiger partial charge < -0.3 is 14.5 Å². The van der Waals surface area contributed by atoms with Crippen molar-refractivity contribution in [2.75, 3.05) is 45.9 Å². The van der Waals surface area contributed by atoms with Crippen molar-refractivity contribution in [3.05, 3.63) is 29.6 Å². The van der Waals surface area contributed by atoms with Crippen LogP contribution in [0.3, 0.4) is 0 Å². The van der Waals surface area contributed by atoms with Crippen LogP contribution < -0.4 is 0 Å². The second kappa shape index (κ2) is 6.61. The van der Waals surface area contributed by atoms with E-state index in [4.69, 9.17) is 4.74 Å². The lowest BCUT2D eigenvalue weighted by Crippen LogP contribution is -2.38. The highest BCUT2D eigenvalue weighted by atomic mass is 16.5. The van der Waals surface area contributed by atoms with Crippen LogP contribution >= 0.6 is 0 Å². The summed E-state index contributed by atoms with van der Waals surface area (Å²) in [6, 6.07) is 3.94. The third kappa shape index (κ3) is 3.16. The van der Waals surface area contributed by atoms with Gasteiger partial charge in [0.05, 0.1) is 13.0 Å². The summed E-state index contributed by atoms with van der Waals surface area (Å²) in [7, 11) is 0. The van der Waals surface area contributed by atoms with E-state index in [1.165, 1.54) is 6.42 Å². The fourth-order valence-corrected chi connectivity index (χ4v) is 5.18. The molecule has 3 aliphatic heterocycles. The van der Waals surface area contributed by atoms with Crippen LogP contribution in [0.4, 0.5) is 0 Å². The molecule has 0 aliphatic carbocycles. The first-order valence-electron chi connectivity index (χ1n) is 9.87. The van der Waals surface area contributed by atoms with E-state index >= 15 is 0 Å². The third-order valence-corrected chi connectivity index (χ3v) is 7.03. The molecule has 4 rings (SSSR count). The molecule has 5 nitrogen and oxygen atoms in total. The standard InChI is InChI=1S/C21H31N3O2/c1-16-18(5-4-7-22-16)9-19(25)24-14-20(2)12-23(13-21(20,3)15-24)10-17-6-8-26-11-17/h4-5,7,17H,6,8-15H2,1-3H3/t17?,20-,21+. The smallest absolute Gasteiger partial charge is 0.227 e. The van der Waals surface area contributed by atoms with Crippen molar-refractivity contribution in [2.45, 2.75) is 33.6 Å². The van der Waals surface area contributed by atoms with Gasteiger partial charge in [0.1, 0.15) is 0 Å². The van der Waals surface area contributed by atoms with Gasteiger partial charge >= 0.3 is 0 Å². The van der Waals surface area contributed by atoms with Crippen molar-refractivity contribution in [1.29, 1.82) is 0 Å². The summed E-state index contributed by atoms with van der Waals surface area (Å²) in [5.41, 5.74) is 2.38. The first-order chi connectivity index (χ1) is 12.4. The average Bonchev–Trinajstić information content (AvgIpc) is 3.22. The summed E-state index contributed by atoms with van der Waals surface area (Å²) in [4.78, 5) is 21.9. The van der Waals surface area contributed by atoms with Gasteiger partial charge in [0, 0.05) is 62.1 Å². The highest BCUT2D eigenvalue weighted by molar-refractivity contribution is 5.79. The van der Waals surface area contributed by atoms with E-state index in [0.717, 1.165) is 57.2 Å². The van der Waals surface area contributed by atoms with Gasteiger partial charge in [-0.1, -0.05) is 19.9 Å². The lowest BCUT2D eigenvalue weighted by Gasteiger charge is -2.30. The van der Waals surface area contributed by atoms with E-state index in [0.29, 0.717) is 12.3 Å². The van der Waals surface area contributed by atoms with Crippen molar-refractivity contribution in [3.63, 3.8) is 0 Å². The summed E-state index contributed by atoms with van der Waals surface area (Å²) in [6.45, 7) is 13.6. The molecule has 1 aromatic heterocycles. The zero-order valence-electron chi connectivity index (χ0n) is 16.3. The summed E-state index contributed by atoms with van der Waals surface area (Å²) < 4.78 is 5.54. The van der Waals surface area contributed by atoms with E-state index in [2.05, 4.69) is 28.6 Å². The van der Waals surface area contributed by atoms with Crippen LogP contribution in [0.15, 0.2) is 18.3 Å². The number of hydrogen-bond donors (Lipinski definition) is 0. The molecule has 0 N–H and O–H groups in total. The minimum atomic E-state index is 0.187. The Labute approximate surface area is 156 Å². The second-order valence-corrected chi connectivity index (χ2v) is 9.20. The monoisotopic (exact) mass is 357 g/mol. The van der Waals surface area contributed by atoms with E-state index in [1.54, 1.807) is 6.20 Å². The largest absolute Gasteiger partial charge is 0.381 e. The summed E-state index contributed by atoms with van der Waals surface area (Å²) in [5, 5.41) is 0. The number of rotatable bonds is 4. The Bertz CT molecular complexity index is 668. The van der Waals surface area contributed by atoms with Gasteiger partial charge in [-0.25, -0.2) is 0 Å². The number of pyridine rings is 1. The highest BCUT2D eigenvalue weighted by Crippen LogP contribution is 2.51. The molecule has 1 unspecified atom stereocenters. The first-order valence-corrected chi connectivity index (χ1v) is 9.87. The number of ether oxygens (including phenoxy) is 1.